The molecule has 2 N–H and O–H groups in total. The average Bonchev–Trinajstić information content (AvgIpc) is 3.05. The summed E-state index contributed by atoms with van der Waals surface area (Å²) in [6.45, 7) is 1.63. The Hall–Kier alpha value is -2.31. The topological polar surface area (TPSA) is 62.5 Å². The van der Waals surface area contributed by atoms with Gasteiger partial charge in [-0.05, 0) is 43.3 Å². The minimum absolute atomic E-state index is 0.0373. The Kier molecular flexibility index (Phi) is 5.11. The largest absolute Gasteiger partial charge is 0.458 e. The van der Waals surface area contributed by atoms with E-state index in [1.807, 2.05) is 24.3 Å². The minimum atomic E-state index is -1.31. The number of amides is 1. The van der Waals surface area contributed by atoms with Crippen LogP contribution in [-0.2, 0) is 10.4 Å². The first-order chi connectivity index (χ1) is 11.9. The van der Waals surface area contributed by atoms with Gasteiger partial charge in [-0.3, -0.25) is 4.79 Å². The Morgan fingerprint density at radius 2 is 1.96 bits per heavy atom. The van der Waals surface area contributed by atoms with Crippen LogP contribution in [0.2, 0.25) is 0 Å². The van der Waals surface area contributed by atoms with Crippen molar-refractivity contribution in [3.05, 3.63) is 66.2 Å². The zero-order valence-corrected chi connectivity index (χ0v) is 14.5. The number of halogens is 1. The van der Waals surface area contributed by atoms with Gasteiger partial charge in [0.15, 0.2) is 0 Å². The van der Waals surface area contributed by atoms with Crippen LogP contribution < -0.4 is 5.32 Å². The van der Waals surface area contributed by atoms with E-state index in [-0.39, 0.29) is 24.0 Å². The maximum Gasteiger partial charge on any atom is 0.230 e. The summed E-state index contributed by atoms with van der Waals surface area (Å²) in [6, 6.07) is 15.2. The quantitative estimate of drug-likeness (QED) is 0.659. The predicted molar refractivity (Wildman–Crippen MR) is 95.9 cm³/mol. The third-order valence-corrected chi connectivity index (χ3v) is 4.78. The number of furan rings is 1. The van der Waals surface area contributed by atoms with Crippen LogP contribution in [0, 0.1) is 5.82 Å². The molecule has 0 bridgehead atoms. The highest BCUT2D eigenvalue weighted by Gasteiger charge is 2.28. The van der Waals surface area contributed by atoms with Gasteiger partial charge >= 0.3 is 0 Å². The summed E-state index contributed by atoms with van der Waals surface area (Å²) >= 11 is 1.30. The van der Waals surface area contributed by atoms with Gasteiger partial charge in [0.2, 0.25) is 5.91 Å². The first-order valence-electron chi connectivity index (χ1n) is 7.80. The second kappa shape index (κ2) is 7.29. The van der Waals surface area contributed by atoms with Gasteiger partial charge in [-0.1, -0.05) is 18.2 Å². The molecule has 0 fully saturated rings. The molecule has 4 nitrogen and oxygen atoms in total. The van der Waals surface area contributed by atoms with Gasteiger partial charge in [0.05, 0.1) is 12.3 Å². The molecule has 0 radical (unpaired) electrons. The Morgan fingerprint density at radius 3 is 2.68 bits per heavy atom. The van der Waals surface area contributed by atoms with Gasteiger partial charge in [0.25, 0.3) is 0 Å². The first kappa shape index (κ1) is 17.5. The molecule has 1 amide bonds. The van der Waals surface area contributed by atoms with Crippen LogP contribution in [-0.4, -0.2) is 23.3 Å². The van der Waals surface area contributed by atoms with Crippen LogP contribution in [0.1, 0.15) is 12.7 Å². The summed E-state index contributed by atoms with van der Waals surface area (Å²) in [5.74, 6) is 0.0588. The molecule has 130 valence electrons. The molecule has 0 aliphatic rings. The summed E-state index contributed by atoms with van der Waals surface area (Å²) in [5, 5.41) is 14.2. The van der Waals surface area contributed by atoms with E-state index in [1.165, 1.54) is 23.9 Å². The lowest BCUT2D eigenvalue weighted by Crippen LogP contribution is -2.39. The highest BCUT2D eigenvalue weighted by molar-refractivity contribution is 8.00. The SMILES string of the molecule is C[C@](O)(CNC(=O)CSc1ccc(F)cc1)c1cc2ccccc2o1. The lowest BCUT2D eigenvalue weighted by molar-refractivity contribution is -0.119. The Bertz CT molecular complexity index is 841. The van der Waals surface area contributed by atoms with Crippen molar-refractivity contribution >= 4 is 28.6 Å². The normalized spacial score (nSPS) is 13.6. The molecule has 25 heavy (non-hydrogen) atoms. The number of aliphatic hydroxyl groups is 1. The molecule has 3 aromatic rings. The van der Waals surface area contributed by atoms with Crippen LogP contribution in [0.15, 0.2) is 63.9 Å². The molecule has 1 atom stereocenters. The van der Waals surface area contributed by atoms with Crippen molar-refractivity contribution in [2.75, 3.05) is 12.3 Å². The van der Waals surface area contributed by atoms with E-state index in [0.717, 1.165) is 10.3 Å². The van der Waals surface area contributed by atoms with Crippen molar-refractivity contribution in [3.8, 4) is 0 Å². The molecular formula is C19H18FNO3S. The van der Waals surface area contributed by atoms with Gasteiger partial charge in [-0.2, -0.15) is 0 Å². The molecule has 0 aliphatic carbocycles. The third kappa shape index (κ3) is 4.41. The standard InChI is InChI=1S/C19H18FNO3S/c1-19(23,17-10-13-4-2-3-5-16(13)24-17)12-21-18(22)11-25-15-8-6-14(20)7-9-15/h2-10,23H,11-12H2,1H3,(H,21,22)/t19-/m0/s1. The van der Waals surface area contributed by atoms with Crippen molar-refractivity contribution in [1.29, 1.82) is 0 Å². The molecule has 0 saturated carbocycles. The summed E-state index contributed by atoms with van der Waals surface area (Å²) in [5.41, 5.74) is -0.620. The first-order valence-corrected chi connectivity index (χ1v) is 8.79. The zero-order chi connectivity index (χ0) is 17.9. The van der Waals surface area contributed by atoms with Gasteiger partial charge in [0, 0.05) is 10.3 Å². The molecule has 2 aromatic carbocycles. The monoisotopic (exact) mass is 359 g/mol. The smallest absolute Gasteiger partial charge is 0.230 e. The van der Waals surface area contributed by atoms with Gasteiger partial charge < -0.3 is 14.8 Å². The lowest BCUT2D eigenvalue weighted by Gasteiger charge is -2.21. The van der Waals surface area contributed by atoms with Crippen LogP contribution in [0.25, 0.3) is 11.0 Å². The Morgan fingerprint density at radius 1 is 1.24 bits per heavy atom. The molecule has 6 heteroatoms. The van der Waals surface area contributed by atoms with Gasteiger partial charge in [-0.15, -0.1) is 11.8 Å². The fourth-order valence-corrected chi connectivity index (χ4v) is 3.06. The number of hydrogen-bond donors (Lipinski definition) is 2. The van der Waals surface area contributed by atoms with Crippen LogP contribution >= 0.6 is 11.8 Å². The fraction of sp³-hybridized carbons (Fsp3) is 0.211. The highest BCUT2D eigenvalue weighted by atomic mass is 32.2. The molecule has 0 spiro atoms. The van der Waals surface area contributed by atoms with E-state index in [4.69, 9.17) is 4.42 Å². The molecule has 3 rings (SSSR count). The van der Waals surface area contributed by atoms with Gasteiger partial charge in [0.1, 0.15) is 22.8 Å². The Balaban J connectivity index is 1.55. The minimum Gasteiger partial charge on any atom is -0.458 e. The predicted octanol–water partition coefficient (Wildman–Crippen LogP) is 3.69. The maximum absolute atomic E-state index is 12.9. The summed E-state index contributed by atoms with van der Waals surface area (Å²) in [7, 11) is 0. The maximum atomic E-state index is 12.9. The number of rotatable bonds is 6. The van der Waals surface area contributed by atoms with Crippen molar-refractivity contribution in [2.24, 2.45) is 0 Å². The van der Waals surface area contributed by atoms with E-state index in [9.17, 15) is 14.3 Å². The number of carbonyl (C=O) groups is 1. The molecule has 0 unspecified atom stereocenters. The van der Waals surface area contributed by atoms with Crippen molar-refractivity contribution in [3.63, 3.8) is 0 Å². The van der Waals surface area contributed by atoms with Crippen LogP contribution in [0.4, 0.5) is 4.39 Å². The molecule has 1 aromatic heterocycles. The summed E-state index contributed by atoms with van der Waals surface area (Å²) in [6.07, 6.45) is 0. The second-order valence-electron chi connectivity index (χ2n) is 5.94. The zero-order valence-electron chi connectivity index (χ0n) is 13.7. The molecule has 0 aliphatic heterocycles. The number of carbonyl (C=O) groups excluding carboxylic acids is 1. The van der Waals surface area contributed by atoms with E-state index in [2.05, 4.69) is 5.32 Å². The molecule has 1 heterocycles. The van der Waals surface area contributed by atoms with E-state index < -0.39 is 5.60 Å². The number of para-hydroxylation sites is 1. The summed E-state index contributed by atoms with van der Waals surface area (Å²) in [4.78, 5) is 12.8. The third-order valence-electron chi connectivity index (χ3n) is 3.77. The van der Waals surface area contributed by atoms with E-state index in [0.29, 0.717) is 11.3 Å². The van der Waals surface area contributed by atoms with Crippen molar-refractivity contribution in [2.45, 2.75) is 17.4 Å². The van der Waals surface area contributed by atoms with Crippen LogP contribution in [0.5, 0.6) is 0 Å². The Labute approximate surface area is 149 Å². The number of benzene rings is 2. The summed E-state index contributed by atoms with van der Waals surface area (Å²) < 4.78 is 18.5. The van der Waals surface area contributed by atoms with E-state index in [1.54, 1.807) is 25.1 Å². The van der Waals surface area contributed by atoms with Gasteiger partial charge in [-0.25, -0.2) is 4.39 Å². The number of hydrogen-bond acceptors (Lipinski definition) is 4. The number of thioether (sulfide) groups is 1. The van der Waals surface area contributed by atoms with Crippen LogP contribution in [0.3, 0.4) is 0 Å². The number of fused-ring (bicyclic) bond motifs is 1. The van der Waals surface area contributed by atoms with E-state index >= 15 is 0 Å². The molecular weight excluding hydrogens is 341 g/mol. The van der Waals surface area contributed by atoms with Crippen molar-refractivity contribution in [1.82, 2.24) is 5.32 Å². The number of nitrogens with one attached hydrogen (secondary N) is 1. The lowest BCUT2D eigenvalue weighted by atomic mass is 10.0. The highest BCUT2D eigenvalue weighted by Crippen LogP contribution is 2.27. The van der Waals surface area contributed by atoms with Crippen molar-refractivity contribution < 1.29 is 18.7 Å². The average molecular weight is 359 g/mol. The molecule has 0 saturated heterocycles. The second-order valence-corrected chi connectivity index (χ2v) is 6.99. The fourth-order valence-electron chi connectivity index (χ4n) is 2.34.